The summed E-state index contributed by atoms with van der Waals surface area (Å²) in [5.41, 5.74) is 3.41. The molecule has 0 radical (unpaired) electrons. The van der Waals surface area contributed by atoms with Gasteiger partial charge in [-0.15, -0.1) is 5.10 Å². The Bertz CT molecular complexity index is 1070. The van der Waals surface area contributed by atoms with Crippen LogP contribution < -0.4 is 9.64 Å². The Labute approximate surface area is 197 Å². The van der Waals surface area contributed by atoms with E-state index >= 15 is 0 Å². The fourth-order valence-electron chi connectivity index (χ4n) is 3.64. The zero-order valence-electron chi connectivity index (χ0n) is 21.0. The summed E-state index contributed by atoms with van der Waals surface area (Å²) >= 11 is 0. The van der Waals surface area contributed by atoms with E-state index in [-0.39, 0.29) is 17.4 Å². The van der Waals surface area contributed by atoms with Gasteiger partial charge in [-0.1, -0.05) is 59.7 Å². The molecule has 0 unspecified atom stereocenters. The Morgan fingerprint density at radius 2 is 1.55 bits per heavy atom. The Morgan fingerprint density at radius 3 is 2.06 bits per heavy atom. The number of carbonyl (C=O) groups is 1. The number of methoxy groups -OCH3 is 1. The zero-order chi connectivity index (χ0) is 24.4. The van der Waals surface area contributed by atoms with Crippen LogP contribution in [0, 0.1) is 0 Å². The van der Waals surface area contributed by atoms with E-state index in [2.05, 4.69) is 58.6 Å². The van der Waals surface area contributed by atoms with Gasteiger partial charge >= 0.3 is 5.97 Å². The molecule has 3 aromatic rings. The predicted octanol–water partition coefficient (Wildman–Crippen LogP) is 5.79. The molecule has 1 aromatic heterocycles. The molecular formula is C27H35N3O3. The van der Waals surface area contributed by atoms with Crippen LogP contribution in [-0.2, 0) is 20.4 Å². The molecule has 6 heteroatoms. The summed E-state index contributed by atoms with van der Waals surface area (Å²) in [5, 5.41) is 4.78. The van der Waals surface area contributed by atoms with Gasteiger partial charge in [0.1, 0.15) is 12.4 Å². The van der Waals surface area contributed by atoms with E-state index in [4.69, 9.17) is 14.6 Å². The smallest absolute Gasteiger partial charge is 0.337 e. The summed E-state index contributed by atoms with van der Waals surface area (Å²) in [4.78, 5) is 14.4. The SMILES string of the molecule is COCC(=O)Oc1c(C(C)(C)C)cc(N(C)c2ccn(-c3ccccc3)n2)cc1C(C)(C)C. The molecule has 0 bridgehead atoms. The molecule has 0 saturated carbocycles. The summed E-state index contributed by atoms with van der Waals surface area (Å²) in [6.45, 7) is 12.6. The highest BCUT2D eigenvalue weighted by atomic mass is 16.6. The number of nitrogens with zero attached hydrogens (tertiary/aromatic N) is 3. The van der Waals surface area contributed by atoms with Crippen LogP contribution in [-0.4, -0.2) is 36.5 Å². The minimum absolute atomic E-state index is 0.0915. The van der Waals surface area contributed by atoms with Crippen LogP contribution in [0.3, 0.4) is 0 Å². The second-order valence-corrected chi connectivity index (χ2v) is 10.3. The van der Waals surface area contributed by atoms with E-state index in [0.29, 0.717) is 5.75 Å². The highest BCUT2D eigenvalue weighted by Gasteiger charge is 2.30. The number of aromatic nitrogens is 2. The van der Waals surface area contributed by atoms with Crippen molar-refractivity contribution >= 4 is 17.5 Å². The lowest BCUT2D eigenvalue weighted by Gasteiger charge is -2.31. The first-order chi connectivity index (χ1) is 15.4. The van der Waals surface area contributed by atoms with Crippen molar-refractivity contribution in [3.05, 3.63) is 65.9 Å². The van der Waals surface area contributed by atoms with Crippen LogP contribution in [0.15, 0.2) is 54.7 Å². The number of para-hydroxylation sites is 1. The number of benzene rings is 2. The van der Waals surface area contributed by atoms with Gasteiger partial charge in [0.15, 0.2) is 5.82 Å². The van der Waals surface area contributed by atoms with Crippen LogP contribution in [0.2, 0.25) is 0 Å². The summed E-state index contributed by atoms with van der Waals surface area (Å²) in [6, 6.07) is 16.2. The number of anilines is 2. The molecule has 0 aliphatic carbocycles. The summed E-state index contributed by atoms with van der Waals surface area (Å²) in [7, 11) is 3.49. The largest absolute Gasteiger partial charge is 0.424 e. The molecule has 0 atom stereocenters. The lowest BCUT2D eigenvalue weighted by molar-refractivity contribution is -0.138. The van der Waals surface area contributed by atoms with E-state index in [1.165, 1.54) is 7.11 Å². The van der Waals surface area contributed by atoms with Gasteiger partial charge in [0.25, 0.3) is 0 Å². The molecule has 0 spiro atoms. The minimum atomic E-state index is -0.406. The van der Waals surface area contributed by atoms with Crippen LogP contribution in [0.5, 0.6) is 5.75 Å². The fourth-order valence-corrected chi connectivity index (χ4v) is 3.64. The number of rotatable bonds is 6. The number of hydrogen-bond donors (Lipinski definition) is 0. The highest BCUT2D eigenvalue weighted by molar-refractivity contribution is 5.76. The molecule has 0 aliphatic rings. The summed E-state index contributed by atoms with van der Waals surface area (Å²) in [6.07, 6.45) is 1.96. The van der Waals surface area contributed by atoms with E-state index in [1.807, 2.05) is 54.3 Å². The molecule has 3 rings (SSSR count). The molecule has 0 saturated heterocycles. The quantitative estimate of drug-likeness (QED) is 0.352. The average molecular weight is 450 g/mol. The van der Waals surface area contributed by atoms with Gasteiger partial charge in [-0.05, 0) is 35.1 Å². The topological polar surface area (TPSA) is 56.6 Å². The summed E-state index contributed by atoms with van der Waals surface area (Å²) < 4.78 is 12.7. The van der Waals surface area contributed by atoms with Gasteiger partial charge in [-0.2, -0.15) is 0 Å². The first-order valence-corrected chi connectivity index (χ1v) is 11.2. The van der Waals surface area contributed by atoms with Crippen LogP contribution >= 0.6 is 0 Å². The standard InChI is InChI=1S/C27H35N3O3/c1-26(2,3)21-16-20(17-22(27(4,5)6)25(21)33-24(31)18-32-8)29(7)23-14-15-30(28-23)19-12-10-9-11-13-19/h9-17H,18H2,1-8H3. The minimum Gasteiger partial charge on any atom is -0.424 e. The molecule has 2 aromatic carbocycles. The third kappa shape index (κ3) is 5.63. The molecule has 33 heavy (non-hydrogen) atoms. The lowest BCUT2D eigenvalue weighted by atomic mass is 9.79. The third-order valence-electron chi connectivity index (χ3n) is 5.49. The van der Waals surface area contributed by atoms with Gasteiger partial charge in [-0.25, -0.2) is 9.48 Å². The average Bonchev–Trinajstić information content (AvgIpc) is 3.23. The molecule has 0 N–H and O–H groups in total. The Kier molecular flexibility index (Phi) is 6.98. The van der Waals surface area contributed by atoms with E-state index in [0.717, 1.165) is 28.3 Å². The van der Waals surface area contributed by atoms with Crippen molar-refractivity contribution < 1.29 is 14.3 Å². The monoisotopic (exact) mass is 449 g/mol. The number of carbonyl (C=O) groups excluding carboxylic acids is 1. The Hall–Kier alpha value is -3.12. The maximum atomic E-state index is 12.4. The van der Waals surface area contributed by atoms with Crippen molar-refractivity contribution in [2.24, 2.45) is 0 Å². The molecule has 176 valence electrons. The van der Waals surface area contributed by atoms with Crippen LogP contribution in [0.1, 0.15) is 52.7 Å². The van der Waals surface area contributed by atoms with Crippen molar-refractivity contribution in [1.29, 1.82) is 0 Å². The van der Waals surface area contributed by atoms with Crippen molar-refractivity contribution in [3.63, 3.8) is 0 Å². The molecule has 0 aliphatic heterocycles. The van der Waals surface area contributed by atoms with Gasteiger partial charge < -0.3 is 14.4 Å². The zero-order valence-corrected chi connectivity index (χ0v) is 21.0. The number of ether oxygens (including phenoxy) is 2. The van der Waals surface area contributed by atoms with Crippen molar-refractivity contribution in [3.8, 4) is 11.4 Å². The van der Waals surface area contributed by atoms with Gasteiger partial charge in [0.2, 0.25) is 0 Å². The maximum absolute atomic E-state index is 12.4. The molecule has 1 heterocycles. The number of hydrogen-bond acceptors (Lipinski definition) is 5. The second kappa shape index (κ2) is 9.40. The van der Waals surface area contributed by atoms with Crippen LogP contribution in [0.4, 0.5) is 11.5 Å². The second-order valence-electron chi connectivity index (χ2n) is 10.3. The predicted molar refractivity (Wildman–Crippen MR) is 133 cm³/mol. The highest BCUT2D eigenvalue weighted by Crippen LogP contribution is 2.43. The van der Waals surface area contributed by atoms with Gasteiger partial charge in [0, 0.05) is 43.2 Å². The van der Waals surface area contributed by atoms with Gasteiger partial charge in [-0.3, -0.25) is 0 Å². The molecule has 0 amide bonds. The lowest BCUT2D eigenvalue weighted by Crippen LogP contribution is -2.24. The van der Waals surface area contributed by atoms with Crippen molar-refractivity contribution in [2.45, 2.75) is 52.4 Å². The normalized spacial score (nSPS) is 12.0. The molecule has 6 nitrogen and oxygen atoms in total. The van der Waals surface area contributed by atoms with Gasteiger partial charge in [0.05, 0.1) is 5.69 Å². The fraction of sp³-hybridized carbons (Fsp3) is 0.407. The van der Waals surface area contributed by atoms with E-state index in [9.17, 15) is 4.79 Å². The first kappa shape index (κ1) is 24.5. The first-order valence-electron chi connectivity index (χ1n) is 11.2. The Morgan fingerprint density at radius 1 is 0.970 bits per heavy atom. The molecular weight excluding hydrogens is 414 g/mol. The van der Waals surface area contributed by atoms with E-state index < -0.39 is 5.97 Å². The van der Waals surface area contributed by atoms with Crippen LogP contribution in [0.25, 0.3) is 5.69 Å². The van der Waals surface area contributed by atoms with Crippen molar-refractivity contribution in [1.82, 2.24) is 9.78 Å². The summed E-state index contributed by atoms with van der Waals surface area (Å²) in [5.74, 6) is 1.03. The molecule has 0 fully saturated rings. The third-order valence-corrected chi connectivity index (χ3v) is 5.49. The maximum Gasteiger partial charge on any atom is 0.337 e. The Balaban J connectivity index is 2.11. The van der Waals surface area contributed by atoms with Crippen molar-refractivity contribution in [2.75, 3.05) is 25.7 Å². The van der Waals surface area contributed by atoms with E-state index in [1.54, 1.807) is 0 Å². The number of esters is 1.